The van der Waals surface area contributed by atoms with Crippen LogP contribution in [0.25, 0.3) is 0 Å². The first kappa shape index (κ1) is 13.1. The molecule has 2 aliphatic heterocycles. The van der Waals surface area contributed by atoms with Crippen LogP contribution < -0.4 is 0 Å². The van der Waals surface area contributed by atoms with E-state index in [0.717, 1.165) is 4.90 Å². The summed E-state index contributed by atoms with van der Waals surface area (Å²) in [7, 11) is 0. The Morgan fingerprint density at radius 1 is 1.11 bits per heavy atom. The van der Waals surface area contributed by atoms with E-state index in [1.54, 1.807) is 0 Å². The van der Waals surface area contributed by atoms with E-state index < -0.39 is 0 Å². The molecule has 2 aliphatic rings. The van der Waals surface area contributed by atoms with E-state index in [4.69, 9.17) is 0 Å². The standard InChI is InChI=1S/C14H20N2O2/c1-11-5-3-6-12(2)15(11)9-4-10-16-13(17)7-8-14(16)18/h11-12H,3,5-9H2,1-2H3. The molecular weight excluding hydrogens is 228 g/mol. The summed E-state index contributed by atoms with van der Waals surface area (Å²) in [6, 6.07) is 3.78. The molecule has 0 aromatic heterocycles. The van der Waals surface area contributed by atoms with Crippen LogP contribution in [0.2, 0.25) is 0 Å². The Kier molecular flexibility index (Phi) is 4.03. The lowest BCUT2D eigenvalue weighted by Crippen LogP contribution is -2.43. The second-order valence-corrected chi connectivity index (χ2v) is 5.21. The highest BCUT2D eigenvalue weighted by Crippen LogP contribution is 2.21. The summed E-state index contributed by atoms with van der Waals surface area (Å²) in [5, 5.41) is 0. The molecule has 0 N–H and O–H groups in total. The molecule has 2 saturated heterocycles. The summed E-state index contributed by atoms with van der Waals surface area (Å²) in [6.07, 6.45) is 4.30. The predicted molar refractivity (Wildman–Crippen MR) is 68.3 cm³/mol. The molecule has 2 fully saturated rings. The highest BCUT2D eigenvalue weighted by Gasteiger charge is 2.28. The van der Waals surface area contributed by atoms with Crippen molar-refractivity contribution in [1.82, 2.24) is 9.80 Å². The Morgan fingerprint density at radius 2 is 1.67 bits per heavy atom. The molecule has 18 heavy (non-hydrogen) atoms. The van der Waals surface area contributed by atoms with E-state index in [0.29, 0.717) is 31.5 Å². The Hall–Kier alpha value is -1.34. The second kappa shape index (κ2) is 5.53. The van der Waals surface area contributed by atoms with E-state index >= 15 is 0 Å². The van der Waals surface area contributed by atoms with Gasteiger partial charge in [-0.15, -0.1) is 0 Å². The monoisotopic (exact) mass is 248 g/mol. The van der Waals surface area contributed by atoms with Gasteiger partial charge in [-0.05, 0) is 26.7 Å². The van der Waals surface area contributed by atoms with Crippen molar-refractivity contribution in [2.75, 3.05) is 6.54 Å². The van der Waals surface area contributed by atoms with E-state index in [1.165, 1.54) is 19.3 Å². The van der Waals surface area contributed by atoms with Crippen LogP contribution in [0.5, 0.6) is 0 Å². The number of carbonyl (C=O) groups excluding carboxylic acids is 2. The fourth-order valence-corrected chi connectivity index (χ4v) is 2.69. The molecule has 0 radical (unpaired) electrons. The molecule has 0 spiro atoms. The van der Waals surface area contributed by atoms with E-state index in [1.807, 2.05) is 0 Å². The predicted octanol–water partition coefficient (Wildman–Crippen LogP) is 1.36. The molecule has 2 heterocycles. The molecule has 0 aromatic rings. The topological polar surface area (TPSA) is 40.6 Å². The van der Waals surface area contributed by atoms with Gasteiger partial charge in [0.15, 0.2) is 0 Å². The zero-order valence-corrected chi connectivity index (χ0v) is 11.1. The summed E-state index contributed by atoms with van der Waals surface area (Å²) in [6.45, 7) is 5.06. The molecule has 4 heteroatoms. The summed E-state index contributed by atoms with van der Waals surface area (Å²) in [5.41, 5.74) is 0. The maximum absolute atomic E-state index is 11.4. The van der Waals surface area contributed by atoms with Gasteiger partial charge >= 0.3 is 0 Å². The summed E-state index contributed by atoms with van der Waals surface area (Å²) in [5.74, 6) is 2.66. The maximum Gasteiger partial charge on any atom is 0.241 e. The van der Waals surface area contributed by atoms with Crippen molar-refractivity contribution < 1.29 is 9.59 Å². The lowest BCUT2D eigenvalue weighted by Gasteiger charge is -2.37. The smallest absolute Gasteiger partial charge is 0.241 e. The Bertz CT molecular complexity index is 382. The van der Waals surface area contributed by atoms with Crippen LogP contribution in [0, 0.1) is 12.0 Å². The highest BCUT2D eigenvalue weighted by molar-refractivity contribution is 6.03. The van der Waals surface area contributed by atoms with Crippen LogP contribution in [-0.2, 0) is 9.59 Å². The molecule has 4 nitrogen and oxygen atoms in total. The number of rotatable bonds is 1. The van der Waals surface area contributed by atoms with Gasteiger partial charge in [-0.1, -0.05) is 12.3 Å². The number of imide groups is 1. The minimum atomic E-state index is -0.160. The molecule has 98 valence electrons. The van der Waals surface area contributed by atoms with Crippen LogP contribution in [0.1, 0.15) is 46.0 Å². The zero-order valence-electron chi connectivity index (χ0n) is 11.1. The number of hydrogen-bond acceptors (Lipinski definition) is 3. The molecule has 0 aromatic carbocycles. The quantitative estimate of drug-likeness (QED) is 0.519. The molecular formula is C14H20N2O2. The zero-order chi connectivity index (χ0) is 13.1. The van der Waals surface area contributed by atoms with Crippen LogP contribution in [0.3, 0.4) is 0 Å². The number of carbonyl (C=O) groups is 2. The first-order chi connectivity index (χ1) is 8.59. The van der Waals surface area contributed by atoms with Gasteiger partial charge in [0.05, 0.1) is 6.54 Å². The van der Waals surface area contributed by atoms with Crippen LogP contribution in [-0.4, -0.2) is 40.2 Å². The van der Waals surface area contributed by atoms with E-state index in [2.05, 4.69) is 30.7 Å². The van der Waals surface area contributed by atoms with Crippen molar-refractivity contribution >= 4 is 11.8 Å². The van der Waals surface area contributed by atoms with Crippen molar-refractivity contribution in [3.63, 3.8) is 0 Å². The second-order valence-electron chi connectivity index (χ2n) is 5.21. The van der Waals surface area contributed by atoms with Crippen molar-refractivity contribution in [3.05, 3.63) is 0 Å². The molecule has 0 bridgehead atoms. The first-order valence-electron chi connectivity index (χ1n) is 6.69. The first-order valence-corrected chi connectivity index (χ1v) is 6.69. The number of hydrogen-bond donors (Lipinski definition) is 0. The summed E-state index contributed by atoms with van der Waals surface area (Å²) < 4.78 is 0. The number of nitrogens with zero attached hydrogens (tertiary/aromatic N) is 2. The molecule has 2 rings (SSSR count). The van der Waals surface area contributed by atoms with Gasteiger partial charge in [0.1, 0.15) is 0 Å². The van der Waals surface area contributed by atoms with Gasteiger partial charge < -0.3 is 0 Å². The van der Waals surface area contributed by atoms with E-state index in [-0.39, 0.29) is 11.8 Å². The third kappa shape index (κ3) is 2.73. The minimum absolute atomic E-state index is 0.160. The fourth-order valence-electron chi connectivity index (χ4n) is 2.69. The number of piperidine rings is 1. The number of likely N-dealkylation sites (tertiary alicyclic amines) is 2. The largest absolute Gasteiger partial charge is 0.287 e. The molecule has 2 atom stereocenters. The fraction of sp³-hybridized carbons (Fsp3) is 0.714. The average molecular weight is 248 g/mol. The minimum Gasteiger partial charge on any atom is -0.287 e. The molecule has 2 amide bonds. The lowest BCUT2D eigenvalue weighted by atomic mass is 9.98. The van der Waals surface area contributed by atoms with Gasteiger partial charge in [-0.3, -0.25) is 14.5 Å². The third-order valence-electron chi connectivity index (χ3n) is 3.88. The molecule has 0 aliphatic carbocycles. The van der Waals surface area contributed by atoms with Gasteiger partial charge in [0, 0.05) is 31.0 Å². The highest BCUT2D eigenvalue weighted by atomic mass is 16.2. The normalized spacial score (nSPS) is 29.3. The van der Waals surface area contributed by atoms with Crippen molar-refractivity contribution in [3.8, 4) is 12.0 Å². The van der Waals surface area contributed by atoms with Crippen molar-refractivity contribution in [2.24, 2.45) is 0 Å². The number of amides is 2. The Morgan fingerprint density at radius 3 is 2.22 bits per heavy atom. The molecule has 0 saturated carbocycles. The van der Waals surface area contributed by atoms with Crippen molar-refractivity contribution in [1.29, 1.82) is 0 Å². The van der Waals surface area contributed by atoms with Gasteiger partial charge in [-0.2, -0.15) is 0 Å². The Balaban J connectivity index is 1.94. The van der Waals surface area contributed by atoms with E-state index in [9.17, 15) is 9.59 Å². The van der Waals surface area contributed by atoms with Crippen LogP contribution >= 0.6 is 0 Å². The van der Waals surface area contributed by atoms with Crippen LogP contribution in [0.4, 0.5) is 0 Å². The molecule has 2 unspecified atom stereocenters. The lowest BCUT2D eigenvalue weighted by molar-refractivity contribution is -0.134. The summed E-state index contributed by atoms with van der Waals surface area (Å²) >= 11 is 0. The van der Waals surface area contributed by atoms with Gasteiger partial charge in [0.2, 0.25) is 11.8 Å². The Labute approximate surface area is 108 Å². The van der Waals surface area contributed by atoms with Crippen molar-refractivity contribution in [2.45, 2.75) is 58.0 Å². The third-order valence-corrected chi connectivity index (χ3v) is 3.88. The van der Waals surface area contributed by atoms with Crippen LogP contribution in [0.15, 0.2) is 0 Å². The SMILES string of the molecule is CC1CCCC(C)N1CC#CN1C(=O)CCC1=O. The maximum atomic E-state index is 11.4. The van der Waals surface area contributed by atoms with Gasteiger partial charge in [-0.25, -0.2) is 4.90 Å². The summed E-state index contributed by atoms with van der Waals surface area (Å²) in [4.78, 5) is 26.2. The average Bonchev–Trinajstić information content (AvgIpc) is 2.64. The van der Waals surface area contributed by atoms with Gasteiger partial charge in [0.25, 0.3) is 0 Å².